The largest absolute Gasteiger partial charge is 0.384 e. The summed E-state index contributed by atoms with van der Waals surface area (Å²) in [6.45, 7) is 2.66. The number of rotatable bonds is 3. The molecule has 0 unspecified atom stereocenters. The van der Waals surface area contributed by atoms with E-state index >= 15 is 0 Å². The number of hydrogen-bond acceptors (Lipinski definition) is 3. The number of carbonyl (C=O) groups is 1. The number of nitrogens with zero attached hydrogens (tertiary/aromatic N) is 1. The summed E-state index contributed by atoms with van der Waals surface area (Å²) in [6.07, 6.45) is 6.00. The van der Waals surface area contributed by atoms with Crippen LogP contribution in [-0.2, 0) is 0 Å². The highest BCUT2D eigenvalue weighted by Gasteiger charge is 2.25. The molecule has 1 aliphatic rings. The van der Waals surface area contributed by atoms with Crippen LogP contribution in [0.5, 0.6) is 0 Å². The minimum atomic E-state index is -0.148. The maximum atomic E-state index is 12.6. The van der Waals surface area contributed by atoms with Crippen molar-refractivity contribution in [3.05, 3.63) is 21.9 Å². The van der Waals surface area contributed by atoms with E-state index in [1.807, 2.05) is 24.0 Å². The third-order valence-corrected chi connectivity index (χ3v) is 4.71. The van der Waals surface area contributed by atoms with Crippen LogP contribution in [0, 0.1) is 11.8 Å². The molecule has 1 aromatic rings. The van der Waals surface area contributed by atoms with Gasteiger partial charge < -0.3 is 10.0 Å². The predicted molar refractivity (Wildman–Crippen MR) is 81.9 cm³/mol. The van der Waals surface area contributed by atoms with Gasteiger partial charge in [0.05, 0.1) is 9.75 Å². The minimum Gasteiger partial charge on any atom is -0.384 e. The van der Waals surface area contributed by atoms with Crippen LogP contribution in [0.25, 0.3) is 0 Å². The normalized spacial score (nSPS) is 15.5. The molecular formula is C16H21NO2S. The zero-order valence-corrected chi connectivity index (χ0v) is 12.7. The molecule has 108 valence electrons. The van der Waals surface area contributed by atoms with E-state index in [2.05, 4.69) is 11.8 Å². The highest BCUT2D eigenvalue weighted by Crippen LogP contribution is 2.25. The second-order valence-corrected chi connectivity index (χ2v) is 6.09. The average molecular weight is 291 g/mol. The van der Waals surface area contributed by atoms with Gasteiger partial charge in [-0.15, -0.1) is 11.3 Å². The van der Waals surface area contributed by atoms with Crippen molar-refractivity contribution in [1.29, 1.82) is 0 Å². The maximum absolute atomic E-state index is 12.6. The Morgan fingerprint density at radius 1 is 1.40 bits per heavy atom. The molecule has 1 aromatic heterocycles. The van der Waals surface area contributed by atoms with E-state index in [1.54, 1.807) is 0 Å². The Hall–Kier alpha value is -1.31. The molecule has 1 N–H and O–H groups in total. The fraction of sp³-hybridized carbons (Fsp3) is 0.562. The molecule has 0 aromatic carbocycles. The number of amides is 1. The third-order valence-electron chi connectivity index (χ3n) is 3.72. The average Bonchev–Trinajstić information content (AvgIpc) is 2.96. The van der Waals surface area contributed by atoms with Gasteiger partial charge in [-0.05, 0) is 31.9 Å². The number of aliphatic hydroxyl groups is 1. The van der Waals surface area contributed by atoms with Crippen LogP contribution in [0.2, 0.25) is 0 Å². The van der Waals surface area contributed by atoms with Crippen LogP contribution in [0.15, 0.2) is 12.1 Å². The summed E-state index contributed by atoms with van der Waals surface area (Å²) >= 11 is 1.41. The Morgan fingerprint density at radius 3 is 2.80 bits per heavy atom. The number of aliphatic hydroxyl groups excluding tert-OH is 1. The highest BCUT2D eigenvalue weighted by molar-refractivity contribution is 7.14. The van der Waals surface area contributed by atoms with Gasteiger partial charge in [-0.2, -0.15) is 0 Å². The fourth-order valence-corrected chi connectivity index (χ4v) is 3.59. The number of hydrogen-bond donors (Lipinski definition) is 1. The van der Waals surface area contributed by atoms with Crippen molar-refractivity contribution in [2.24, 2.45) is 0 Å². The van der Waals surface area contributed by atoms with Gasteiger partial charge in [0.1, 0.15) is 6.61 Å². The Balaban J connectivity index is 2.09. The lowest BCUT2D eigenvalue weighted by Crippen LogP contribution is -2.40. The van der Waals surface area contributed by atoms with Gasteiger partial charge >= 0.3 is 0 Å². The van der Waals surface area contributed by atoms with E-state index in [1.165, 1.54) is 30.6 Å². The first-order valence-corrected chi connectivity index (χ1v) is 8.08. The van der Waals surface area contributed by atoms with Gasteiger partial charge in [-0.1, -0.05) is 31.1 Å². The van der Waals surface area contributed by atoms with Crippen LogP contribution >= 0.6 is 11.3 Å². The molecule has 1 aliphatic carbocycles. The van der Waals surface area contributed by atoms with Crippen molar-refractivity contribution in [1.82, 2.24) is 4.90 Å². The lowest BCUT2D eigenvalue weighted by atomic mass is 9.94. The summed E-state index contributed by atoms with van der Waals surface area (Å²) in [4.78, 5) is 16.2. The van der Waals surface area contributed by atoms with E-state index in [9.17, 15) is 4.79 Å². The first-order chi connectivity index (χ1) is 9.76. The standard InChI is InChI=1S/C16H21NO2S/c1-2-17(13-7-4-3-5-8-13)16(19)15-11-10-14(20-15)9-6-12-18/h10-11,13,18H,2-5,7-8,12H2,1H3. The monoisotopic (exact) mass is 291 g/mol. The molecule has 0 radical (unpaired) electrons. The van der Waals surface area contributed by atoms with E-state index in [-0.39, 0.29) is 12.5 Å². The van der Waals surface area contributed by atoms with Crippen LogP contribution in [-0.4, -0.2) is 35.1 Å². The van der Waals surface area contributed by atoms with Gasteiger partial charge in [-0.25, -0.2) is 0 Å². The summed E-state index contributed by atoms with van der Waals surface area (Å²) in [5, 5.41) is 8.70. The second kappa shape index (κ2) is 7.47. The van der Waals surface area contributed by atoms with Gasteiger partial charge in [0, 0.05) is 12.6 Å². The second-order valence-electron chi connectivity index (χ2n) is 5.01. The zero-order valence-electron chi connectivity index (χ0n) is 11.9. The molecule has 1 amide bonds. The van der Waals surface area contributed by atoms with Crippen LogP contribution in [0.1, 0.15) is 53.6 Å². The molecule has 0 aliphatic heterocycles. The fourth-order valence-electron chi connectivity index (χ4n) is 2.75. The van der Waals surface area contributed by atoms with E-state index in [0.29, 0.717) is 6.04 Å². The molecule has 1 fully saturated rings. The topological polar surface area (TPSA) is 40.5 Å². The first kappa shape index (κ1) is 15.1. The molecular weight excluding hydrogens is 270 g/mol. The van der Waals surface area contributed by atoms with Crippen molar-refractivity contribution in [2.75, 3.05) is 13.2 Å². The van der Waals surface area contributed by atoms with Crippen LogP contribution < -0.4 is 0 Å². The van der Waals surface area contributed by atoms with Gasteiger partial charge in [0.25, 0.3) is 5.91 Å². The predicted octanol–water partition coefficient (Wildman–Crippen LogP) is 2.89. The first-order valence-electron chi connectivity index (χ1n) is 7.26. The Bertz CT molecular complexity index is 506. The molecule has 0 spiro atoms. The van der Waals surface area contributed by atoms with Crippen molar-refractivity contribution in [3.63, 3.8) is 0 Å². The van der Waals surface area contributed by atoms with Crippen molar-refractivity contribution in [3.8, 4) is 11.8 Å². The molecule has 0 bridgehead atoms. The summed E-state index contributed by atoms with van der Waals surface area (Å²) in [5.41, 5.74) is 0. The molecule has 3 nitrogen and oxygen atoms in total. The van der Waals surface area contributed by atoms with Gasteiger partial charge in [0.2, 0.25) is 0 Å². The molecule has 4 heteroatoms. The van der Waals surface area contributed by atoms with E-state index in [4.69, 9.17) is 5.11 Å². The van der Waals surface area contributed by atoms with Crippen LogP contribution in [0.4, 0.5) is 0 Å². The quantitative estimate of drug-likeness (QED) is 0.870. The third kappa shape index (κ3) is 3.62. The molecule has 0 atom stereocenters. The van der Waals surface area contributed by atoms with Crippen molar-refractivity contribution < 1.29 is 9.90 Å². The van der Waals surface area contributed by atoms with E-state index < -0.39 is 0 Å². The summed E-state index contributed by atoms with van der Waals surface area (Å²) in [7, 11) is 0. The number of thiophene rings is 1. The molecule has 20 heavy (non-hydrogen) atoms. The van der Waals surface area contributed by atoms with Crippen molar-refractivity contribution >= 4 is 17.2 Å². The van der Waals surface area contributed by atoms with E-state index in [0.717, 1.165) is 29.1 Å². The van der Waals surface area contributed by atoms with Gasteiger partial charge in [-0.3, -0.25) is 4.79 Å². The lowest BCUT2D eigenvalue weighted by molar-refractivity contribution is 0.0653. The SMILES string of the molecule is CCN(C(=O)c1ccc(C#CCO)s1)C1CCCCC1. The maximum Gasteiger partial charge on any atom is 0.264 e. The zero-order chi connectivity index (χ0) is 14.4. The van der Waals surface area contributed by atoms with Crippen LogP contribution in [0.3, 0.4) is 0 Å². The molecule has 1 saturated carbocycles. The molecule has 1 heterocycles. The Kier molecular flexibility index (Phi) is 5.63. The molecule has 0 saturated heterocycles. The minimum absolute atomic E-state index is 0.126. The summed E-state index contributed by atoms with van der Waals surface area (Å²) in [6, 6.07) is 4.10. The molecule has 2 rings (SSSR count). The summed E-state index contributed by atoms with van der Waals surface area (Å²) in [5.74, 6) is 5.59. The Morgan fingerprint density at radius 2 is 2.15 bits per heavy atom. The van der Waals surface area contributed by atoms with Crippen molar-refractivity contribution in [2.45, 2.75) is 45.1 Å². The Labute approximate surface area is 124 Å². The number of carbonyl (C=O) groups excluding carboxylic acids is 1. The van der Waals surface area contributed by atoms with Gasteiger partial charge in [0.15, 0.2) is 0 Å². The smallest absolute Gasteiger partial charge is 0.264 e. The lowest BCUT2D eigenvalue weighted by Gasteiger charge is -2.33. The summed E-state index contributed by atoms with van der Waals surface area (Å²) < 4.78 is 0. The highest BCUT2D eigenvalue weighted by atomic mass is 32.1.